The summed E-state index contributed by atoms with van der Waals surface area (Å²) >= 11 is 0. The number of ketones is 2. The van der Waals surface area contributed by atoms with Gasteiger partial charge in [-0.1, -0.05) is 0 Å². The van der Waals surface area contributed by atoms with Crippen molar-refractivity contribution in [1.29, 1.82) is 0 Å². The van der Waals surface area contributed by atoms with Gasteiger partial charge < -0.3 is 5.73 Å². The van der Waals surface area contributed by atoms with Crippen LogP contribution in [0.2, 0.25) is 0 Å². The van der Waals surface area contributed by atoms with E-state index in [9.17, 15) is 9.59 Å². The summed E-state index contributed by atoms with van der Waals surface area (Å²) in [6.45, 7) is 2.94. The van der Waals surface area contributed by atoms with Gasteiger partial charge in [0.25, 0.3) is 0 Å². The summed E-state index contributed by atoms with van der Waals surface area (Å²) in [6.07, 6.45) is 0.610. The Morgan fingerprint density at radius 2 is 1.50 bits per heavy atom. The lowest BCUT2D eigenvalue weighted by Gasteiger charge is -2.04. The smallest absolute Gasteiger partial charge is 0.131 e. The number of rotatable bonds is 4. The largest absolute Gasteiger partial charge is 0.327 e. The number of nitrogens with two attached hydrogens (primary N) is 1. The van der Waals surface area contributed by atoms with E-state index in [4.69, 9.17) is 5.73 Å². The van der Waals surface area contributed by atoms with E-state index < -0.39 is 0 Å². The second-order valence-corrected chi connectivity index (χ2v) is 2.57. The Morgan fingerprint density at radius 1 is 1.20 bits per heavy atom. The third-order valence-electron chi connectivity index (χ3n) is 1.10. The van der Waals surface area contributed by atoms with E-state index in [-0.39, 0.29) is 17.6 Å². The average molecular weight is 143 g/mol. The quantitative estimate of drug-likeness (QED) is 0.614. The van der Waals surface area contributed by atoms with E-state index in [2.05, 4.69) is 0 Å². The van der Waals surface area contributed by atoms with Crippen LogP contribution >= 0.6 is 0 Å². The first kappa shape index (κ1) is 9.30. The van der Waals surface area contributed by atoms with Gasteiger partial charge in [-0.05, 0) is 13.8 Å². The van der Waals surface area contributed by atoms with Gasteiger partial charge in [0.1, 0.15) is 11.6 Å². The van der Waals surface area contributed by atoms with Gasteiger partial charge in [0.05, 0.1) is 0 Å². The maximum Gasteiger partial charge on any atom is 0.131 e. The first-order chi connectivity index (χ1) is 4.52. The molecule has 0 aliphatic carbocycles. The van der Waals surface area contributed by atoms with Crippen molar-refractivity contribution in [2.75, 3.05) is 0 Å². The molecule has 0 aromatic carbocycles. The van der Waals surface area contributed by atoms with Crippen molar-refractivity contribution in [3.05, 3.63) is 0 Å². The van der Waals surface area contributed by atoms with Gasteiger partial charge in [-0.25, -0.2) is 0 Å². The van der Waals surface area contributed by atoms with E-state index >= 15 is 0 Å². The molecule has 0 aromatic rings. The molecule has 58 valence electrons. The summed E-state index contributed by atoms with van der Waals surface area (Å²) in [7, 11) is 0. The van der Waals surface area contributed by atoms with Crippen LogP contribution in [0, 0.1) is 0 Å². The first-order valence-electron chi connectivity index (χ1n) is 3.27. The van der Waals surface area contributed by atoms with Gasteiger partial charge in [-0.2, -0.15) is 0 Å². The summed E-state index contributed by atoms with van der Waals surface area (Å²) < 4.78 is 0. The number of hydrogen-bond acceptors (Lipinski definition) is 3. The molecule has 0 spiro atoms. The zero-order chi connectivity index (χ0) is 8.15. The van der Waals surface area contributed by atoms with Crippen LogP contribution in [0.1, 0.15) is 26.7 Å². The van der Waals surface area contributed by atoms with Crippen molar-refractivity contribution in [2.45, 2.75) is 32.7 Å². The van der Waals surface area contributed by atoms with Crippen molar-refractivity contribution < 1.29 is 9.59 Å². The standard InChI is InChI=1S/C7H13NO2/c1-5(9)3-7(8)4-6(2)10/h7H,3-4,8H2,1-2H3. The van der Waals surface area contributed by atoms with Crippen LogP contribution in [0.4, 0.5) is 0 Å². The summed E-state index contributed by atoms with van der Waals surface area (Å²) in [5.41, 5.74) is 5.43. The number of carbonyl (C=O) groups is 2. The molecule has 0 saturated carbocycles. The molecule has 2 N–H and O–H groups in total. The fourth-order valence-electron chi connectivity index (χ4n) is 0.811. The Balaban J connectivity index is 3.53. The SMILES string of the molecule is CC(=O)CC(N)CC(C)=O. The second-order valence-electron chi connectivity index (χ2n) is 2.57. The van der Waals surface area contributed by atoms with Crippen molar-refractivity contribution in [1.82, 2.24) is 0 Å². The fourth-order valence-corrected chi connectivity index (χ4v) is 0.811. The highest BCUT2D eigenvalue weighted by molar-refractivity contribution is 5.79. The highest BCUT2D eigenvalue weighted by Gasteiger charge is 2.07. The molecule has 0 heterocycles. The molecular weight excluding hydrogens is 130 g/mol. The van der Waals surface area contributed by atoms with E-state index in [1.807, 2.05) is 0 Å². The summed E-state index contributed by atoms with van der Waals surface area (Å²) in [4.78, 5) is 20.9. The Bertz CT molecular complexity index is 127. The van der Waals surface area contributed by atoms with Crippen LogP contribution in [0.15, 0.2) is 0 Å². The van der Waals surface area contributed by atoms with Gasteiger partial charge in [0.15, 0.2) is 0 Å². The lowest BCUT2D eigenvalue weighted by molar-refractivity contribution is -0.118. The summed E-state index contributed by atoms with van der Waals surface area (Å²) in [6, 6.07) is -0.282. The minimum Gasteiger partial charge on any atom is -0.327 e. The minimum absolute atomic E-state index is 0.0359. The van der Waals surface area contributed by atoms with E-state index in [1.165, 1.54) is 13.8 Å². The lowest BCUT2D eigenvalue weighted by Crippen LogP contribution is -2.25. The molecule has 0 bridgehead atoms. The molecule has 0 aliphatic heterocycles. The van der Waals surface area contributed by atoms with E-state index in [0.29, 0.717) is 12.8 Å². The molecule has 0 aromatic heterocycles. The highest BCUT2D eigenvalue weighted by atomic mass is 16.1. The molecular formula is C7H13NO2. The lowest BCUT2D eigenvalue weighted by atomic mass is 10.1. The molecule has 0 saturated heterocycles. The number of carbonyl (C=O) groups excluding carboxylic acids is 2. The van der Waals surface area contributed by atoms with Gasteiger partial charge in [-0.15, -0.1) is 0 Å². The third-order valence-corrected chi connectivity index (χ3v) is 1.10. The van der Waals surface area contributed by atoms with E-state index in [0.717, 1.165) is 0 Å². The molecule has 0 amide bonds. The predicted molar refractivity (Wildman–Crippen MR) is 38.6 cm³/mol. The van der Waals surface area contributed by atoms with Crippen LogP contribution in [0.25, 0.3) is 0 Å². The Morgan fingerprint density at radius 3 is 1.70 bits per heavy atom. The zero-order valence-corrected chi connectivity index (χ0v) is 6.39. The molecule has 0 radical (unpaired) electrons. The topological polar surface area (TPSA) is 60.2 Å². The minimum atomic E-state index is -0.282. The molecule has 10 heavy (non-hydrogen) atoms. The van der Waals surface area contributed by atoms with Crippen molar-refractivity contribution >= 4 is 11.6 Å². The number of hydrogen-bond donors (Lipinski definition) is 1. The van der Waals surface area contributed by atoms with E-state index in [1.54, 1.807) is 0 Å². The van der Waals surface area contributed by atoms with Crippen LogP contribution in [0.3, 0.4) is 0 Å². The van der Waals surface area contributed by atoms with Crippen molar-refractivity contribution in [3.8, 4) is 0 Å². The normalized spacial score (nSPS) is 10.0. The number of Topliss-reactive ketones (excluding diaryl/α,β-unsaturated/α-hetero) is 2. The Labute approximate surface area is 60.6 Å². The molecule has 0 rings (SSSR count). The average Bonchev–Trinajstić information content (AvgIpc) is 1.58. The van der Waals surface area contributed by atoms with Crippen LogP contribution in [0.5, 0.6) is 0 Å². The summed E-state index contributed by atoms with van der Waals surface area (Å²) in [5, 5.41) is 0. The molecule has 0 fully saturated rings. The second kappa shape index (κ2) is 4.17. The van der Waals surface area contributed by atoms with Gasteiger partial charge in [0.2, 0.25) is 0 Å². The van der Waals surface area contributed by atoms with Gasteiger partial charge >= 0.3 is 0 Å². The third kappa shape index (κ3) is 5.44. The highest BCUT2D eigenvalue weighted by Crippen LogP contribution is 1.95. The zero-order valence-electron chi connectivity index (χ0n) is 6.39. The molecule has 0 aliphatic rings. The molecule has 3 nitrogen and oxygen atoms in total. The fraction of sp³-hybridized carbons (Fsp3) is 0.714. The monoisotopic (exact) mass is 143 g/mol. The molecule has 0 atom stereocenters. The van der Waals surface area contributed by atoms with Crippen LogP contribution in [-0.4, -0.2) is 17.6 Å². The Hall–Kier alpha value is -0.700. The van der Waals surface area contributed by atoms with Crippen LogP contribution in [-0.2, 0) is 9.59 Å². The van der Waals surface area contributed by atoms with Crippen LogP contribution < -0.4 is 5.73 Å². The van der Waals surface area contributed by atoms with Gasteiger partial charge in [-0.3, -0.25) is 9.59 Å². The predicted octanol–water partition coefficient (Wildman–Crippen LogP) is 0.272. The van der Waals surface area contributed by atoms with Crippen molar-refractivity contribution in [2.24, 2.45) is 5.73 Å². The van der Waals surface area contributed by atoms with Gasteiger partial charge in [0, 0.05) is 18.9 Å². The Kier molecular flexibility index (Phi) is 3.88. The maximum atomic E-state index is 10.4. The summed E-state index contributed by atoms with van der Waals surface area (Å²) in [5.74, 6) is 0.0718. The maximum absolute atomic E-state index is 10.4. The molecule has 3 heteroatoms. The van der Waals surface area contributed by atoms with Crippen molar-refractivity contribution in [3.63, 3.8) is 0 Å². The first-order valence-corrected chi connectivity index (χ1v) is 3.27. The molecule has 0 unspecified atom stereocenters.